The lowest BCUT2D eigenvalue weighted by Crippen LogP contribution is -2.60. The topological polar surface area (TPSA) is 6.48 Å². The first-order valence-electron chi connectivity index (χ1n) is 26.2. The Balaban J connectivity index is 1.20. The Morgan fingerprint density at radius 2 is 1.04 bits per heavy atom. The molecular weight excluding hydrogens is 876 g/mol. The number of hydrogen-bond acceptors (Lipinski definition) is 3. The van der Waals surface area contributed by atoms with Crippen LogP contribution in [0.15, 0.2) is 146 Å². The molecule has 8 aromatic carbocycles. The molecule has 0 N–H and O–H groups in total. The molecule has 13 rings (SSSR count). The fourth-order valence-electron chi connectivity index (χ4n) is 13.6. The van der Waals surface area contributed by atoms with Gasteiger partial charge in [-0.1, -0.05) is 159 Å². The molecule has 71 heavy (non-hydrogen) atoms. The van der Waals surface area contributed by atoms with E-state index < -0.39 is 0 Å². The fourth-order valence-corrected chi connectivity index (χ4v) is 14.9. The molecule has 0 atom stereocenters. The highest BCUT2D eigenvalue weighted by molar-refractivity contribution is 7.32. The average Bonchev–Trinajstić information content (AvgIpc) is 3.73. The van der Waals surface area contributed by atoms with Crippen LogP contribution in [0.25, 0.3) is 54.2 Å². The SMILES string of the molecule is Cc1cc2c(cc1N1c3cc(-c4c(C)cccc4C)cc4c3B(c3sc5cc6c(cc5c31)C(C)(C)CCC6(C)C)N(c1ccc(-c3ccccc3)cc1)c1c-4ccc3ccccc13)C(C)(C)CCC2(C)C. The lowest BCUT2D eigenvalue weighted by molar-refractivity contribution is 0.332. The van der Waals surface area contributed by atoms with Crippen LogP contribution in [0.2, 0.25) is 0 Å². The van der Waals surface area contributed by atoms with E-state index in [4.69, 9.17) is 0 Å². The molecule has 352 valence electrons. The maximum atomic E-state index is 2.78. The minimum atomic E-state index is -0.0945. The molecule has 0 bridgehead atoms. The van der Waals surface area contributed by atoms with Crippen molar-refractivity contribution in [3.05, 3.63) is 185 Å². The minimum absolute atomic E-state index is 0.0437. The molecule has 0 spiro atoms. The second-order valence-electron chi connectivity index (χ2n) is 24.4. The standard InChI is InChI=1S/C67H65BN2S/c1-40-18-17-19-41(2)59(40)46-35-50-49-29-26-45-22-15-16-23-48(45)61(49)70(47-27-24-44(25-28-47)43-20-13-12-14-21-43)68-60(50)57(36-46)69(56-38-54-52(34-42(56)3)64(4,5)30-32-66(54,8)9)62-51-37-53-55(39-58(51)71-63(62)68)67(10,11)33-31-65(53,6)7/h12-29,34-39H,30-33H2,1-11H3. The zero-order chi connectivity index (χ0) is 49.1. The van der Waals surface area contributed by atoms with Crippen molar-refractivity contribution in [3.63, 3.8) is 0 Å². The molecule has 0 fully saturated rings. The summed E-state index contributed by atoms with van der Waals surface area (Å²) in [5.41, 5.74) is 25.7. The number of thiophene rings is 1. The summed E-state index contributed by atoms with van der Waals surface area (Å²) in [6.07, 6.45) is 4.72. The van der Waals surface area contributed by atoms with Crippen LogP contribution in [0.1, 0.15) is 120 Å². The third kappa shape index (κ3) is 6.59. The van der Waals surface area contributed by atoms with Crippen molar-refractivity contribution < 1.29 is 0 Å². The quantitative estimate of drug-likeness (QED) is 0.162. The van der Waals surface area contributed by atoms with Crippen LogP contribution in [0.3, 0.4) is 0 Å². The Morgan fingerprint density at radius 1 is 0.451 bits per heavy atom. The smallest absolute Gasteiger partial charge is 0.343 e. The van der Waals surface area contributed by atoms with Gasteiger partial charge >= 0.3 is 6.85 Å². The number of hydrogen-bond donors (Lipinski definition) is 0. The highest BCUT2D eigenvalue weighted by Crippen LogP contribution is 2.57. The number of anilines is 5. The van der Waals surface area contributed by atoms with Crippen molar-refractivity contribution in [1.82, 2.24) is 0 Å². The van der Waals surface area contributed by atoms with Crippen LogP contribution in [0.5, 0.6) is 0 Å². The van der Waals surface area contributed by atoms with Gasteiger partial charge in [-0.2, -0.15) is 0 Å². The van der Waals surface area contributed by atoms with Crippen LogP contribution < -0.4 is 20.0 Å². The minimum Gasteiger partial charge on any atom is -0.375 e. The van der Waals surface area contributed by atoms with Crippen LogP contribution in [0.4, 0.5) is 28.4 Å². The zero-order valence-electron chi connectivity index (χ0n) is 43.6. The Morgan fingerprint density at radius 3 is 1.72 bits per heavy atom. The van der Waals surface area contributed by atoms with Crippen LogP contribution in [-0.2, 0) is 21.7 Å². The lowest BCUT2D eigenvalue weighted by Gasteiger charge is -2.47. The Hall–Kier alpha value is -6.36. The van der Waals surface area contributed by atoms with Crippen LogP contribution in [-0.4, -0.2) is 6.85 Å². The zero-order valence-corrected chi connectivity index (χ0v) is 44.4. The molecule has 0 radical (unpaired) electrons. The van der Waals surface area contributed by atoms with E-state index in [-0.39, 0.29) is 28.5 Å². The predicted octanol–water partition coefficient (Wildman–Crippen LogP) is 17.7. The van der Waals surface area contributed by atoms with E-state index in [1.54, 1.807) is 0 Å². The monoisotopic (exact) mass is 940 g/mol. The first-order valence-corrected chi connectivity index (χ1v) is 27.0. The van der Waals surface area contributed by atoms with E-state index in [1.165, 1.54) is 158 Å². The summed E-state index contributed by atoms with van der Waals surface area (Å²) in [7, 11) is 0. The Kier molecular flexibility index (Phi) is 9.62. The maximum Gasteiger partial charge on any atom is 0.343 e. The molecule has 3 heterocycles. The third-order valence-electron chi connectivity index (χ3n) is 17.9. The molecule has 0 saturated heterocycles. The third-order valence-corrected chi connectivity index (χ3v) is 19.1. The number of nitrogens with zero attached hydrogens (tertiary/aromatic N) is 2. The molecule has 0 unspecified atom stereocenters. The van der Waals surface area contributed by atoms with Crippen molar-refractivity contribution in [1.29, 1.82) is 0 Å². The molecular formula is C67H65BN2S. The molecule has 4 aliphatic rings. The van der Waals surface area contributed by atoms with E-state index in [2.05, 4.69) is 231 Å². The van der Waals surface area contributed by atoms with Gasteiger partial charge in [0.1, 0.15) is 0 Å². The number of rotatable bonds is 4. The van der Waals surface area contributed by atoms with Gasteiger partial charge in [-0.3, -0.25) is 0 Å². The predicted molar refractivity (Wildman–Crippen MR) is 309 cm³/mol. The van der Waals surface area contributed by atoms with E-state index in [9.17, 15) is 0 Å². The van der Waals surface area contributed by atoms with Gasteiger partial charge in [0.2, 0.25) is 0 Å². The first-order chi connectivity index (χ1) is 33.9. The Bertz CT molecular complexity index is 3680. The fraction of sp³-hybridized carbons (Fsp3) is 0.284. The van der Waals surface area contributed by atoms with Crippen molar-refractivity contribution in [2.75, 3.05) is 9.71 Å². The summed E-state index contributed by atoms with van der Waals surface area (Å²) < 4.78 is 2.79. The normalized spacial score (nSPS) is 17.6. The van der Waals surface area contributed by atoms with Gasteiger partial charge in [0.15, 0.2) is 0 Å². The number of fused-ring (bicyclic) bond motifs is 10. The van der Waals surface area contributed by atoms with Crippen molar-refractivity contribution in [2.24, 2.45) is 0 Å². The van der Waals surface area contributed by atoms with Gasteiger partial charge in [0, 0.05) is 48.6 Å². The van der Waals surface area contributed by atoms with E-state index in [0.29, 0.717) is 0 Å². The van der Waals surface area contributed by atoms with Crippen LogP contribution >= 0.6 is 11.3 Å². The first kappa shape index (κ1) is 44.6. The van der Waals surface area contributed by atoms with Crippen molar-refractivity contribution in [3.8, 4) is 33.4 Å². The Labute approximate surface area is 426 Å². The summed E-state index contributed by atoms with van der Waals surface area (Å²) in [6, 6.07) is 56.7. The molecule has 1 aromatic heterocycles. The van der Waals surface area contributed by atoms with E-state index in [0.717, 1.165) is 0 Å². The highest BCUT2D eigenvalue weighted by Gasteiger charge is 2.49. The van der Waals surface area contributed by atoms with Crippen molar-refractivity contribution in [2.45, 2.75) is 124 Å². The maximum absolute atomic E-state index is 2.78. The highest BCUT2D eigenvalue weighted by atomic mass is 32.1. The molecule has 0 saturated carbocycles. The second kappa shape index (κ2) is 15.3. The van der Waals surface area contributed by atoms with Gasteiger partial charge in [-0.05, 0) is 188 Å². The molecule has 9 aromatic rings. The van der Waals surface area contributed by atoms with Gasteiger partial charge in [0.25, 0.3) is 0 Å². The van der Waals surface area contributed by atoms with E-state index >= 15 is 0 Å². The number of benzene rings is 8. The van der Waals surface area contributed by atoms with Gasteiger partial charge in [-0.25, -0.2) is 0 Å². The summed E-state index contributed by atoms with van der Waals surface area (Å²) in [5.74, 6) is 0. The molecule has 2 nitrogen and oxygen atoms in total. The molecule has 2 aliphatic heterocycles. The average molecular weight is 941 g/mol. The summed E-state index contributed by atoms with van der Waals surface area (Å²) >= 11 is 2.05. The molecule has 2 aliphatic carbocycles. The van der Waals surface area contributed by atoms with Gasteiger partial charge in [-0.15, -0.1) is 11.3 Å². The summed E-state index contributed by atoms with van der Waals surface area (Å²) in [6.45, 7) is 26.7. The largest absolute Gasteiger partial charge is 0.375 e. The molecule has 4 heteroatoms. The number of aryl methyl sites for hydroxylation is 3. The summed E-state index contributed by atoms with van der Waals surface area (Å²) in [4.78, 5) is 5.53. The van der Waals surface area contributed by atoms with Crippen LogP contribution in [0, 0.1) is 20.8 Å². The van der Waals surface area contributed by atoms with Gasteiger partial charge in [0.05, 0.1) is 5.69 Å². The summed E-state index contributed by atoms with van der Waals surface area (Å²) in [5, 5.41) is 3.91. The van der Waals surface area contributed by atoms with Gasteiger partial charge < -0.3 is 9.71 Å². The van der Waals surface area contributed by atoms with Crippen molar-refractivity contribution >= 4 is 77.7 Å². The lowest BCUT2D eigenvalue weighted by atomic mass is 9.46. The second-order valence-corrected chi connectivity index (χ2v) is 25.4. The van der Waals surface area contributed by atoms with E-state index in [1.807, 2.05) is 11.3 Å². The molecule has 0 amide bonds.